The Bertz CT molecular complexity index is 684. The van der Waals surface area contributed by atoms with E-state index in [1.54, 1.807) is 24.5 Å². The summed E-state index contributed by atoms with van der Waals surface area (Å²) >= 11 is 0. The van der Waals surface area contributed by atoms with Gasteiger partial charge in [0.25, 0.3) is 11.8 Å². The van der Waals surface area contributed by atoms with E-state index in [1.807, 2.05) is 31.2 Å². The fourth-order valence-corrected chi connectivity index (χ4v) is 1.73. The number of nitrogens with one attached hydrogen (secondary N) is 2. The summed E-state index contributed by atoms with van der Waals surface area (Å²) in [6.45, 7) is 1.82. The van der Waals surface area contributed by atoms with Crippen molar-refractivity contribution >= 4 is 18.0 Å². The SMILES string of the molecule is Cc1cccc(/C=N\NC(=O)CNC(=O)c2cccnc2)c1. The number of aromatic nitrogens is 1. The first-order chi connectivity index (χ1) is 10.6. The number of benzene rings is 1. The van der Waals surface area contributed by atoms with Gasteiger partial charge in [-0.25, -0.2) is 5.43 Å². The van der Waals surface area contributed by atoms with E-state index in [9.17, 15) is 9.59 Å². The third-order valence-corrected chi connectivity index (χ3v) is 2.78. The summed E-state index contributed by atoms with van der Waals surface area (Å²) in [7, 11) is 0. The van der Waals surface area contributed by atoms with E-state index in [1.165, 1.54) is 6.20 Å². The lowest BCUT2D eigenvalue weighted by Gasteiger charge is -2.03. The number of hydrazone groups is 1. The Hall–Kier alpha value is -3.02. The maximum absolute atomic E-state index is 11.7. The van der Waals surface area contributed by atoms with Gasteiger partial charge in [-0.15, -0.1) is 0 Å². The Balaban J connectivity index is 1.77. The molecular formula is C16H16N4O2. The normalized spacial score (nSPS) is 10.4. The number of carbonyl (C=O) groups is 2. The zero-order valence-corrected chi connectivity index (χ0v) is 12.1. The first-order valence-electron chi connectivity index (χ1n) is 6.72. The highest BCUT2D eigenvalue weighted by Crippen LogP contribution is 2.00. The Morgan fingerprint density at radius 1 is 1.27 bits per heavy atom. The maximum atomic E-state index is 11.7. The quantitative estimate of drug-likeness (QED) is 0.644. The molecule has 22 heavy (non-hydrogen) atoms. The van der Waals surface area contributed by atoms with Gasteiger partial charge in [0.2, 0.25) is 0 Å². The fraction of sp³-hybridized carbons (Fsp3) is 0.125. The minimum atomic E-state index is -0.402. The fourth-order valence-electron chi connectivity index (χ4n) is 1.73. The highest BCUT2D eigenvalue weighted by molar-refractivity contribution is 5.96. The topological polar surface area (TPSA) is 83.5 Å². The smallest absolute Gasteiger partial charge is 0.259 e. The van der Waals surface area contributed by atoms with E-state index in [2.05, 4.69) is 20.8 Å². The Morgan fingerprint density at radius 2 is 2.14 bits per heavy atom. The lowest BCUT2D eigenvalue weighted by atomic mass is 10.2. The molecule has 1 aromatic heterocycles. The molecule has 1 heterocycles. The third kappa shape index (κ3) is 4.82. The number of hydrogen-bond donors (Lipinski definition) is 2. The molecule has 0 unspecified atom stereocenters. The molecule has 6 nitrogen and oxygen atoms in total. The van der Waals surface area contributed by atoms with E-state index in [0.29, 0.717) is 5.56 Å². The first kappa shape index (κ1) is 15.4. The van der Waals surface area contributed by atoms with Crippen molar-refractivity contribution in [2.45, 2.75) is 6.92 Å². The molecule has 112 valence electrons. The van der Waals surface area contributed by atoms with Crippen LogP contribution < -0.4 is 10.7 Å². The number of nitrogens with zero attached hydrogens (tertiary/aromatic N) is 2. The highest BCUT2D eigenvalue weighted by Gasteiger charge is 2.06. The molecule has 0 fully saturated rings. The van der Waals surface area contributed by atoms with Gasteiger partial charge in [0, 0.05) is 12.4 Å². The van der Waals surface area contributed by atoms with Gasteiger partial charge >= 0.3 is 0 Å². The van der Waals surface area contributed by atoms with Crippen LogP contribution in [0.4, 0.5) is 0 Å². The molecule has 0 radical (unpaired) electrons. The van der Waals surface area contributed by atoms with Gasteiger partial charge in [0.1, 0.15) is 0 Å². The summed E-state index contributed by atoms with van der Waals surface area (Å²) in [6, 6.07) is 11.0. The maximum Gasteiger partial charge on any atom is 0.259 e. The average molecular weight is 296 g/mol. The van der Waals surface area contributed by atoms with Gasteiger partial charge in [-0.3, -0.25) is 14.6 Å². The summed E-state index contributed by atoms with van der Waals surface area (Å²) in [5.41, 5.74) is 4.76. The monoisotopic (exact) mass is 296 g/mol. The summed E-state index contributed by atoms with van der Waals surface area (Å²) in [5, 5.41) is 6.34. The van der Waals surface area contributed by atoms with Crippen LogP contribution in [0.25, 0.3) is 0 Å². The van der Waals surface area contributed by atoms with Crippen molar-refractivity contribution in [2.24, 2.45) is 5.10 Å². The zero-order chi connectivity index (χ0) is 15.8. The summed E-state index contributed by atoms with van der Waals surface area (Å²) < 4.78 is 0. The van der Waals surface area contributed by atoms with Crippen LogP contribution in [0.1, 0.15) is 21.5 Å². The summed E-state index contributed by atoms with van der Waals surface area (Å²) in [5.74, 6) is -0.757. The minimum absolute atomic E-state index is 0.154. The molecule has 2 aromatic rings. The predicted octanol–water partition coefficient (Wildman–Crippen LogP) is 1.27. The number of hydrogen-bond acceptors (Lipinski definition) is 4. The minimum Gasteiger partial charge on any atom is -0.343 e. The van der Waals surface area contributed by atoms with Crippen molar-refractivity contribution in [3.8, 4) is 0 Å². The average Bonchev–Trinajstić information content (AvgIpc) is 2.53. The summed E-state index contributed by atoms with van der Waals surface area (Å²) in [6.07, 6.45) is 4.56. The van der Waals surface area contributed by atoms with E-state index < -0.39 is 5.91 Å². The third-order valence-electron chi connectivity index (χ3n) is 2.78. The first-order valence-corrected chi connectivity index (χ1v) is 6.72. The van der Waals surface area contributed by atoms with Crippen molar-refractivity contribution in [3.63, 3.8) is 0 Å². The Labute approximate surface area is 128 Å². The van der Waals surface area contributed by atoms with Crippen molar-refractivity contribution in [1.29, 1.82) is 0 Å². The van der Waals surface area contributed by atoms with E-state index in [4.69, 9.17) is 0 Å². The second-order valence-corrected chi connectivity index (χ2v) is 4.63. The lowest BCUT2D eigenvalue weighted by Crippen LogP contribution is -2.34. The zero-order valence-electron chi connectivity index (χ0n) is 12.1. The van der Waals surface area contributed by atoms with Crippen LogP contribution in [0, 0.1) is 6.92 Å². The van der Waals surface area contributed by atoms with Crippen LogP contribution in [0.5, 0.6) is 0 Å². The molecule has 2 amide bonds. The van der Waals surface area contributed by atoms with Gasteiger partial charge in [-0.1, -0.05) is 29.8 Å². The van der Waals surface area contributed by atoms with Crippen molar-refractivity contribution in [2.75, 3.05) is 6.54 Å². The second kappa shape index (κ2) is 7.68. The number of amides is 2. The number of pyridine rings is 1. The molecule has 0 spiro atoms. The van der Waals surface area contributed by atoms with E-state index in [-0.39, 0.29) is 12.5 Å². The number of carbonyl (C=O) groups excluding carboxylic acids is 2. The molecule has 0 atom stereocenters. The van der Waals surface area contributed by atoms with Crippen molar-refractivity contribution < 1.29 is 9.59 Å². The van der Waals surface area contributed by atoms with Crippen molar-refractivity contribution in [1.82, 2.24) is 15.7 Å². The van der Waals surface area contributed by atoms with Gasteiger partial charge in [0.15, 0.2) is 0 Å². The summed E-state index contributed by atoms with van der Waals surface area (Å²) in [4.78, 5) is 27.1. The molecule has 0 aliphatic rings. The molecule has 0 aliphatic carbocycles. The Kier molecular flexibility index (Phi) is 5.37. The standard InChI is InChI=1S/C16H16N4O2/c1-12-4-2-5-13(8-12)9-19-20-15(21)11-18-16(22)14-6-3-7-17-10-14/h2-10H,11H2,1H3,(H,18,22)(H,20,21)/b19-9-. The second-order valence-electron chi connectivity index (χ2n) is 4.63. The van der Waals surface area contributed by atoms with E-state index >= 15 is 0 Å². The highest BCUT2D eigenvalue weighted by atomic mass is 16.2. The van der Waals surface area contributed by atoms with Crippen molar-refractivity contribution in [3.05, 3.63) is 65.5 Å². The van der Waals surface area contributed by atoms with Crippen LogP contribution in [0.15, 0.2) is 53.9 Å². The number of aryl methyl sites for hydroxylation is 1. The van der Waals surface area contributed by atoms with Crippen LogP contribution in [0.2, 0.25) is 0 Å². The largest absolute Gasteiger partial charge is 0.343 e. The molecule has 0 saturated carbocycles. The lowest BCUT2D eigenvalue weighted by molar-refractivity contribution is -0.120. The molecule has 2 rings (SSSR count). The van der Waals surface area contributed by atoms with E-state index in [0.717, 1.165) is 11.1 Å². The van der Waals surface area contributed by atoms with Crippen LogP contribution >= 0.6 is 0 Å². The molecule has 0 saturated heterocycles. The predicted molar refractivity (Wildman–Crippen MR) is 83.5 cm³/mol. The Morgan fingerprint density at radius 3 is 2.86 bits per heavy atom. The van der Waals surface area contributed by atoms with Gasteiger partial charge < -0.3 is 5.32 Å². The molecule has 0 aliphatic heterocycles. The molecule has 6 heteroatoms. The van der Waals surface area contributed by atoms with Gasteiger partial charge in [-0.05, 0) is 24.6 Å². The van der Waals surface area contributed by atoms with Gasteiger partial charge in [0.05, 0.1) is 18.3 Å². The number of rotatable bonds is 5. The molecule has 2 N–H and O–H groups in total. The van der Waals surface area contributed by atoms with Crippen LogP contribution in [-0.2, 0) is 4.79 Å². The van der Waals surface area contributed by atoms with Crippen LogP contribution in [-0.4, -0.2) is 29.6 Å². The van der Waals surface area contributed by atoms with Crippen LogP contribution in [0.3, 0.4) is 0 Å². The van der Waals surface area contributed by atoms with Gasteiger partial charge in [-0.2, -0.15) is 5.10 Å². The molecule has 1 aromatic carbocycles. The molecular weight excluding hydrogens is 280 g/mol. The molecule has 0 bridgehead atoms.